The first-order valence-corrected chi connectivity index (χ1v) is 9.25. The van der Waals surface area contributed by atoms with Gasteiger partial charge >= 0.3 is 6.18 Å². The van der Waals surface area contributed by atoms with Gasteiger partial charge in [-0.25, -0.2) is 4.98 Å². The number of halogens is 3. The van der Waals surface area contributed by atoms with E-state index in [4.69, 9.17) is 0 Å². The van der Waals surface area contributed by atoms with E-state index in [1.165, 1.54) is 0 Å². The number of fused-ring (bicyclic) bond motifs is 1. The SMILES string of the molecule is O=C(NCC(F)(F)F)c1cc(-c2cnc3[nH]c(-c4ccccc4)cc3c2)cs1. The summed E-state index contributed by atoms with van der Waals surface area (Å²) in [6, 6.07) is 15.3. The third-order valence-corrected chi connectivity index (χ3v) is 5.09. The summed E-state index contributed by atoms with van der Waals surface area (Å²) in [5.41, 5.74) is 4.25. The molecule has 3 aromatic heterocycles. The Balaban J connectivity index is 1.58. The number of aromatic amines is 1. The monoisotopic (exact) mass is 401 g/mol. The van der Waals surface area contributed by atoms with Crippen molar-refractivity contribution >= 4 is 28.3 Å². The number of hydrogen-bond acceptors (Lipinski definition) is 3. The van der Waals surface area contributed by atoms with E-state index >= 15 is 0 Å². The second-order valence-corrected chi connectivity index (χ2v) is 7.12. The Morgan fingerprint density at radius 3 is 2.61 bits per heavy atom. The summed E-state index contributed by atoms with van der Waals surface area (Å²) < 4.78 is 36.8. The lowest BCUT2D eigenvalue weighted by molar-refractivity contribution is -0.123. The predicted molar refractivity (Wildman–Crippen MR) is 103 cm³/mol. The van der Waals surface area contributed by atoms with Crippen molar-refractivity contribution in [1.82, 2.24) is 15.3 Å². The molecule has 3 heterocycles. The van der Waals surface area contributed by atoms with E-state index in [9.17, 15) is 18.0 Å². The third-order valence-electron chi connectivity index (χ3n) is 4.16. The first-order valence-electron chi connectivity index (χ1n) is 8.37. The number of amides is 1. The number of nitrogens with zero attached hydrogens (tertiary/aromatic N) is 1. The van der Waals surface area contributed by atoms with Gasteiger partial charge < -0.3 is 10.3 Å². The number of aromatic nitrogens is 2. The fourth-order valence-electron chi connectivity index (χ4n) is 2.82. The molecule has 4 aromatic rings. The normalized spacial score (nSPS) is 11.7. The van der Waals surface area contributed by atoms with Crippen molar-refractivity contribution in [3.8, 4) is 22.4 Å². The molecule has 0 fully saturated rings. The highest BCUT2D eigenvalue weighted by Gasteiger charge is 2.28. The molecule has 4 nitrogen and oxygen atoms in total. The molecule has 0 spiro atoms. The molecule has 1 amide bonds. The average molecular weight is 401 g/mol. The van der Waals surface area contributed by atoms with Crippen LogP contribution in [0.5, 0.6) is 0 Å². The van der Waals surface area contributed by atoms with Gasteiger partial charge in [-0.05, 0) is 34.7 Å². The molecule has 0 saturated heterocycles. The number of rotatable bonds is 4. The largest absolute Gasteiger partial charge is 0.405 e. The highest BCUT2D eigenvalue weighted by atomic mass is 32.1. The number of alkyl halides is 3. The van der Waals surface area contributed by atoms with Crippen molar-refractivity contribution in [2.75, 3.05) is 6.54 Å². The average Bonchev–Trinajstić information content (AvgIpc) is 3.33. The molecular formula is C20H14F3N3OS. The van der Waals surface area contributed by atoms with Crippen molar-refractivity contribution in [1.29, 1.82) is 0 Å². The Kier molecular flexibility index (Phi) is 4.64. The van der Waals surface area contributed by atoms with Crippen molar-refractivity contribution < 1.29 is 18.0 Å². The number of pyridine rings is 1. The van der Waals surface area contributed by atoms with Crippen molar-refractivity contribution in [2.24, 2.45) is 0 Å². The first kappa shape index (κ1) is 18.2. The standard InChI is InChI=1S/C20H14F3N3OS/c21-20(22,23)11-25-19(27)17-8-15(10-28-17)14-6-13-7-16(26-18(13)24-9-14)12-4-2-1-3-5-12/h1-10H,11H2,(H,24,26)(H,25,27). The van der Waals surface area contributed by atoms with Gasteiger partial charge in [0.25, 0.3) is 5.91 Å². The molecule has 0 aliphatic rings. The number of H-pyrrole nitrogens is 1. The van der Waals surface area contributed by atoms with Crippen molar-refractivity contribution in [3.05, 3.63) is 65.0 Å². The second-order valence-electron chi connectivity index (χ2n) is 6.21. The minimum Gasteiger partial charge on any atom is -0.342 e. The zero-order chi connectivity index (χ0) is 19.7. The van der Waals surface area contributed by atoms with E-state index in [0.29, 0.717) is 0 Å². The van der Waals surface area contributed by atoms with Gasteiger partial charge in [-0.1, -0.05) is 30.3 Å². The van der Waals surface area contributed by atoms with Gasteiger partial charge in [-0.2, -0.15) is 13.2 Å². The van der Waals surface area contributed by atoms with Crippen LogP contribution in [0.15, 0.2) is 60.1 Å². The molecular weight excluding hydrogens is 387 g/mol. The minimum atomic E-state index is -4.44. The molecule has 0 aliphatic carbocycles. The number of hydrogen-bond donors (Lipinski definition) is 2. The van der Waals surface area contributed by atoms with E-state index in [-0.39, 0.29) is 4.88 Å². The van der Waals surface area contributed by atoms with Gasteiger partial charge in [0.15, 0.2) is 0 Å². The third kappa shape index (κ3) is 3.91. The maximum absolute atomic E-state index is 12.3. The van der Waals surface area contributed by atoms with Crippen LogP contribution in [0.2, 0.25) is 0 Å². The Morgan fingerprint density at radius 1 is 1.07 bits per heavy atom. The highest BCUT2D eigenvalue weighted by Crippen LogP contribution is 2.29. The molecule has 0 bridgehead atoms. The molecule has 1 aromatic carbocycles. The number of thiophene rings is 1. The fourth-order valence-corrected chi connectivity index (χ4v) is 3.65. The fraction of sp³-hybridized carbons (Fsp3) is 0.100. The predicted octanol–water partition coefficient (Wildman–Crippen LogP) is 5.25. The zero-order valence-corrected chi connectivity index (χ0v) is 15.2. The molecule has 2 N–H and O–H groups in total. The Hall–Kier alpha value is -3.13. The summed E-state index contributed by atoms with van der Waals surface area (Å²) >= 11 is 1.10. The minimum absolute atomic E-state index is 0.221. The summed E-state index contributed by atoms with van der Waals surface area (Å²) in [5.74, 6) is -0.740. The Morgan fingerprint density at radius 2 is 1.86 bits per heavy atom. The van der Waals surface area contributed by atoms with Crippen LogP contribution in [-0.2, 0) is 0 Å². The summed E-state index contributed by atoms with van der Waals surface area (Å²) in [7, 11) is 0. The Bertz CT molecular complexity index is 1130. The molecule has 142 valence electrons. The molecule has 28 heavy (non-hydrogen) atoms. The van der Waals surface area contributed by atoms with Gasteiger partial charge in [-0.3, -0.25) is 4.79 Å². The molecule has 0 radical (unpaired) electrons. The first-order chi connectivity index (χ1) is 13.4. The maximum Gasteiger partial charge on any atom is 0.405 e. The molecule has 0 atom stereocenters. The maximum atomic E-state index is 12.3. The molecule has 4 rings (SSSR count). The smallest absolute Gasteiger partial charge is 0.342 e. The van der Waals surface area contributed by atoms with Crippen LogP contribution in [0.1, 0.15) is 9.67 Å². The molecule has 0 aliphatic heterocycles. The van der Waals surface area contributed by atoms with Crippen LogP contribution in [0.25, 0.3) is 33.4 Å². The van der Waals surface area contributed by atoms with E-state index < -0.39 is 18.6 Å². The van der Waals surface area contributed by atoms with Gasteiger partial charge in [-0.15, -0.1) is 11.3 Å². The van der Waals surface area contributed by atoms with E-state index in [2.05, 4.69) is 9.97 Å². The van der Waals surface area contributed by atoms with E-state index in [1.807, 2.05) is 47.8 Å². The number of benzene rings is 1. The zero-order valence-electron chi connectivity index (χ0n) is 14.4. The van der Waals surface area contributed by atoms with Crippen LogP contribution in [0.4, 0.5) is 13.2 Å². The van der Waals surface area contributed by atoms with E-state index in [1.54, 1.807) is 17.6 Å². The number of nitrogens with one attached hydrogen (secondary N) is 2. The van der Waals surface area contributed by atoms with Crippen molar-refractivity contribution in [2.45, 2.75) is 6.18 Å². The van der Waals surface area contributed by atoms with Gasteiger partial charge in [0.1, 0.15) is 12.2 Å². The van der Waals surface area contributed by atoms with Crippen LogP contribution in [0, 0.1) is 0 Å². The molecule has 0 unspecified atom stereocenters. The van der Waals surface area contributed by atoms with Crippen LogP contribution in [0.3, 0.4) is 0 Å². The number of carbonyl (C=O) groups excluding carboxylic acids is 1. The molecule has 0 saturated carbocycles. The lowest BCUT2D eigenvalue weighted by Gasteiger charge is -2.06. The highest BCUT2D eigenvalue weighted by molar-refractivity contribution is 7.12. The van der Waals surface area contributed by atoms with Gasteiger partial charge in [0.2, 0.25) is 0 Å². The van der Waals surface area contributed by atoms with Gasteiger partial charge in [0, 0.05) is 22.8 Å². The summed E-state index contributed by atoms with van der Waals surface area (Å²) in [4.78, 5) is 19.8. The second kappa shape index (κ2) is 7.12. The summed E-state index contributed by atoms with van der Waals surface area (Å²) in [6.07, 6.45) is -2.76. The summed E-state index contributed by atoms with van der Waals surface area (Å²) in [5, 5.41) is 4.52. The summed E-state index contributed by atoms with van der Waals surface area (Å²) in [6.45, 7) is -1.35. The lowest BCUT2D eigenvalue weighted by Crippen LogP contribution is -2.33. The van der Waals surface area contributed by atoms with Crippen molar-refractivity contribution in [3.63, 3.8) is 0 Å². The van der Waals surface area contributed by atoms with Gasteiger partial charge in [0.05, 0.1) is 4.88 Å². The quantitative estimate of drug-likeness (QED) is 0.491. The van der Waals surface area contributed by atoms with Crippen LogP contribution < -0.4 is 5.32 Å². The topological polar surface area (TPSA) is 57.8 Å². The van der Waals surface area contributed by atoms with Crippen LogP contribution in [-0.4, -0.2) is 28.6 Å². The number of carbonyl (C=O) groups is 1. The lowest BCUT2D eigenvalue weighted by atomic mass is 10.1. The Labute approximate surface area is 162 Å². The van der Waals surface area contributed by atoms with E-state index in [0.717, 1.165) is 44.8 Å². The van der Waals surface area contributed by atoms with Crippen LogP contribution >= 0.6 is 11.3 Å². The molecule has 8 heteroatoms.